The van der Waals surface area contributed by atoms with E-state index in [0.29, 0.717) is 16.9 Å². The zero-order valence-electron chi connectivity index (χ0n) is 11.1. The van der Waals surface area contributed by atoms with E-state index in [1.165, 1.54) is 12.1 Å². The number of nitrogens with zero attached hydrogens (tertiary/aromatic N) is 1. The third kappa shape index (κ3) is 3.14. The van der Waals surface area contributed by atoms with Crippen LogP contribution >= 0.6 is 0 Å². The molecule has 0 radical (unpaired) electrons. The lowest BCUT2D eigenvalue weighted by molar-refractivity contribution is 0.300. The van der Waals surface area contributed by atoms with Gasteiger partial charge in [0.2, 0.25) is 0 Å². The highest BCUT2D eigenvalue weighted by atomic mass is 19.1. The molecule has 0 amide bonds. The first-order chi connectivity index (χ1) is 9.61. The number of hydrogen-bond acceptors (Lipinski definition) is 3. The van der Waals surface area contributed by atoms with Gasteiger partial charge in [0.05, 0.1) is 11.6 Å². The molecule has 0 aliphatic rings. The smallest absolute Gasteiger partial charge is 0.124 e. The van der Waals surface area contributed by atoms with Gasteiger partial charge in [-0.2, -0.15) is 5.26 Å². The molecule has 20 heavy (non-hydrogen) atoms. The van der Waals surface area contributed by atoms with Crippen molar-refractivity contribution < 1.29 is 9.13 Å². The van der Waals surface area contributed by atoms with Crippen LogP contribution in [0.5, 0.6) is 5.75 Å². The van der Waals surface area contributed by atoms with Crippen molar-refractivity contribution in [1.82, 2.24) is 0 Å². The van der Waals surface area contributed by atoms with Crippen LogP contribution in [0.15, 0.2) is 42.5 Å². The van der Waals surface area contributed by atoms with Gasteiger partial charge in [0.15, 0.2) is 0 Å². The molecule has 102 valence electrons. The number of nitriles is 1. The average molecular weight is 270 g/mol. The van der Waals surface area contributed by atoms with Gasteiger partial charge < -0.3 is 10.5 Å². The fraction of sp³-hybridized carbons (Fsp3) is 0.188. The second kappa shape index (κ2) is 6.18. The minimum atomic E-state index is -0.345. The maximum absolute atomic E-state index is 13.2. The Morgan fingerprint density at radius 1 is 1.30 bits per heavy atom. The average Bonchev–Trinajstić information content (AvgIpc) is 2.46. The van der Waals surface area contributed by atoms with Gasteiger partial charge in [-0.05, 0) is 31.2 Å². The predicted octanol–water partition coefficient (Wildman–Crippen LogP) is 3.30. The standard InChI is InChI=1S/C16H15FN2O/c1-11(19)15-8-14(17)6-7-16(15)20-10-13-5-3-2-4-12(13)9-18/h2-8,11H,10,19H2,1H3/t11-/m1/s1. The normalized spacial score (nSPS) is 11.7. The molecule has 0 bridgehead atoms. The molecule has 0 aliphatic heterocycles. The van der Waals surface area contributed by atoms with Crippen molar-refractivity contribution in [2.75, 3.05) is 0 Å². The summed E-state index contributed by atoms with van der Waals surface area (Å²) in [6.07, 6.45) is 0. The predicted molar refractivity (Wildman–Crippen MR) is 74.5 cm³/mol. The van der Waals surface area contributed by atoms with Gasteiger partial charge in [-0.1, -0.05) is 18.2 Å². The van der Waals surface area contributed by atoms with Gasteiger partial charge in [-0.3, -0.25) is 0 Å². The second-order valence-electron chi connectivity index (χ2n) is 4.53. The zero-order valence-corrected chi connectivity index (χ0v) is 11.1. The quantitative estimate of drug-likeness (QED) is 0.927. The Bertz CT molecular complexity index is 647. The van der Waals surface area contributed by atoms with Gasteiger partial charge in [-0.15, -0.1) is 0 Å². The molecule has 3 nitrogen and oxygen atoms in total. The Hall–Kier alpha value is -2.38. The first-order valence-corrected chi connectivity index (χ1v) is 6.27. The first kappa shape index (κ1) is 14.0. The van der Waals surface area contributed by atoms with Crippen LogP contribution in [0.3, 0.4) is 0 Å². The molecule has 4 heteroatoms. The van der Waals surface area contributed by atoms with E-state index in [4.69, 9.17) is 15.7 Å². The zero-order chi connectivity index (χ0) is 14.5. The summed E-state index contributed by atoms with van der Waals surface area (Å²) >= 11 is 0. The number of ether oxygens (including phenoxy) is 1. The van der Waals surface area contributed by atoms with E-state index in [2.05, 4.69) is 6.07 Å². The van der Waals surface area contributed by atoms with E-state index < -0.39 is 0 Å². The van der Waals surface area contributed by atoms with Crippen LogP contribution in [0.2, 0.25) is 0 Å². The van der Waals surface area contributed by atoms with E-state index in [-0.39, 0.29) is 18.5 Å². The Balaban J connectivity index is 2.21. The third-order valence-corrected chi connectivity index (χ3v) is 2.98. The molecular formula is C16H15FN2O. The van der Waals surface area contributed by atoms with Crippen LogP contribution in [0.4, 0.5) is 4.39 Å². The topological polar surface area (TPSA) is 59.0 Å². The van der Waals surface area contributed by atoms with Crippen molar-refractivity contribution in [3.8, 4) is 11.8 Å². The second-order valence-corrected chi connectivity index (χ2v) is 4.53. The molecular weight excluding hydrogens is 255 g/mol. The molecule has 2 aromatic rings. The van der Waals surface area contributed by atoms with Gasteiger partial charge in [0.1, 0.15) is 18.2 Å². The molecule has 0 saturated carbocycles. The Morgan fingerprint density at radius 3 is 2.75 bits per heavy atom. The van der Waals surface area contributed by atoms with Crippen LogP contribution in [0.1, 0.15) is 29.7 Å². The number of benzene rings is 2. The van der Waals surface area contributed by atoms with Crippen molar-refractivity contribution in [2.24, 2.45) is 5.73 Å². The third-order valence-electron chi connectivity index (χ3n) is 2.98. The molecule has 0 saturated heterocycles. The minimum Gasteiger partial charge on any atom is -0.489 e. The molecule has 0 unspecified atom stereocenters. The fourth-order valence-corrected chi connectivity index (χ4v) is 1.92. The van der Waals surface area contributed by atoms with Crippen molar-refractivity contribution in [2.45, 2.75) is 19.6 Å². The maximum atomic E-state index is 13.2. The van der Waals surface area contributed by atoms with Crippen LogP contribution in [-0.2, 0) is 6.61 Å². The van der Waals surface area contributed by atoms with E-state index >= 15 is 0 Å². The summed E-state index contributed by atoms with van der Waals surface area (Å²) < 4.78 is 18.9. The maximum Gasteiger partial charge on any atom is 0.124 e. The summed E-state index contributed by atoms with van der Waals surface area (Å²) in [6.45, 7) is 2.01. The Labute approximate surface area is 117 Å². The molecule has 1 atom stereocenters. The number of nitrogens with two attached hydrogens (primary N) is 1. The minimum absolute atomic E-state index is 0.245. The Kier molecular flexibility index (Phi) is 4.34. The monoisotopic (exact) mass is 270 g/mol. The highest BCUT2D eigenvalue weighted by molar-refractivity contribution is 5.39. The van der Waals surface area contributed by atoms with Crippen molar-refractivity contribution in [1.29, 1.82) is 5.26 Å². The summed E-state index contributed by atoms with van der Waals surface area (Å²) in [4.78, 5) is 0. The van der Waals surface area contributed by atoms with E-state index in [9.17, 15) is 4.39 Å². The summed E-state index contributed by atoms with van der Waals surface area (Å²) in [5.41, 5.74) is 7.77. The molecule has 2 aromatic carbocycles. The molecule has 2 rings (SSSR count). The number of halogens is 1. The fourth-order valence-electron chi connectivity index (χ4n) is 1.92. The molecule has 0 aromatic heterocycles. The molecule has 2 N–H and O–H groups in total. The summed E-state index contributed by atoms with van der Waals surface area (Å²) in [7, 11) is 0. The van der Waals surface area contributed by atoms with Crippen LogP contribution in [-0.4, -0.2) is 0 Å². The van der Waals surface area contributed by atoms with E-state index in [1.807, 2.05) is 12.1 Å². The Morgan fingerprint density at radius 2 is 2.05 bits per heavy atom. The largest absolute Gasteiger partial charge is 0.489 e. The SMILES string of the molecule is C[C@@H](N)c1cc(F)ccc1OCc1ccccc1C#N. The summed E-state index contributed by atoms with van der Waals surface area (Å²) in [5, 5.41) is 9.02. The van der Waals surface area contributed by atoms with Crippen LogP contribution in [0.25, 0.3) is 0 Å². The lowest BCUT2D eigenvalue weighted by Gasteiger charge is -2.14. The molecule has 0 aliphatic carbocycles. The lowest BCUT2D eigenvalue weighted by Crippen LogP contribution is -2.09. The van der Waals surface area contributed by atoms with Gasteiger partial charge >= 0.3 is 0 Å². The summed E-state index contributed by atoms with van der Waals surface area (Å²) in [6, 6.07) is 13.2. The van der Waals surface area contributed by atoms with Gasteiger partial charge in [-0.25, -0.2) is 4.39 Å². The summed E-state index contributed by atoms with van der Waals surface area (Å²) in [5.74, 6) is 0.191. The van der Waals surface area contributed by atoms with Crippen LogP contribution in [0, 0.1) is 17.1 Å². The highest BCUT2D eigenvalue weighted by Crippen LogP contribution is 2.25. The van der Waals surface area contributed by atoms with E-state index in [1.54, 1.807) is 25.1 Å². The highest BCUT2D eigenvalue weighted by Gasteiger charge is 2.10. The molecule has 0 spiro atoms. The lowest BCUT2D eigenvalue weighted by atomic mass is 10.1. The first-order valence-electron chi connectivity index (χ1n) is 6.27. The van der Waals surface area contributed by atoms with Gasteiger partial charge in [0.25, 0.3) is 0 Å². The van der Waals surface area contributed by atoms with Crippen molar-refractivity contribution in [3.05, 3.63) is 65.0 Å². The van der Waals surface area contributed by atoms with Crippen molar-refractivity contribution >= 4 is 0 Å². The molecule has 0 fully saturated rings. The number of hydrogen-bond donors (Lipinski definition) is 1. The molecule has 0 heterocycles. The van der Waals surface area contributed by atoms with Gasteiger partial charge in [0, 0.05) is 17.2 Å². The van der Waals surface area contributed by atoms with Crippen molar-refractivity contribution in [3.63, 3.8) is 0 Å². The van der Waals surface area contributed by atoms with E-state index in [0.717, 1.165) is 5.56 Å². The van der Waals surface area contributed by atoms with Crippen LogP contribution < -0.4 is 10.5 Å². The number of rotatable bonds is 4.